The van der Waals surface area contributed by atoms with Crippen molar-refractivity contribution < 1.29 is 27.9 Å². The number of alkyl halides is 3. The van der Waals surface area contributed by atoms with Gasteiger partial charge in [-0.05, 0) is 18.6 Å². The van der Waals surface area contributed by atoms with Gasteiger partial charge in [0.1, 0.15) is 0 Å². The van der Waals surface area contributed by atoms with Crippen LogP contribution in [0.3, 0.4) is 0 Å². The number of benzene rings is 1. The summed E-state index contributed by atoms with van der Waals surface area (Å²) in [5.74, 6) is -2.25. The van der Waals surface area contributed by atoms with Crippen LogP contribution in [0.1, 0.15) is 18.4 Å². The van der Waals surface area contributed by atoms with Crippen molar-refractivity contribution >= 4 is 17.6 Å². The van der Waals surface area contributed by atoms with E-state index in [1.807, 2.05) is 5.32 Å². The van der Waals surface area contributed by atoms with Gasteiger partial charge in [0, 0.05) is 12.4 Å². The molecule has 98 valence electrons. The molecule has 0 aromatic heterocycles. The number of para-hydroxylation sites is 1. The number of amides is 1. The summed E-state index contributed by atoms with van der Waals surface area (Å²) in [6.45, 7) is 0. The Morgan fingerprint density at radius 2 is 1.78 bits per heavy atom. The molecule has 0 bridgehead atoms. The van der Waals surface area contributed by atoms with Crippen molar-refractivity contribution in [2.75, 3.05) is 5.32 Å². The van der Waals surface area contributed by atoms with Gasteiger partial charge >= 0.3 is 6.18 Å². The van der Waals surface area contributed by atoms with Gasteiger partial charge in [0.15, 0.2) is 0 Å². The topological polar surface area (TPSA) is 69.2 Å². The molecular formula is C11H9F3NO3-. The normalized spacial score (nSPS) is 11.1. The van der Waals surface area contributed by atoms with Crippen LogP contribution in [0.2, 0.25) is 0 Å². The Labute approximate surface area is 100 Å². The fourth-order valence-electron chi connectivity index (χ4n) is 1.27. The average molecular weight is 260 g/mol. The molecule has 1 amide bonds. The van der Waals surface area contributed by atoms with Crippen LogP contribution in [0.15, 0.2) is 24.3 Å². The number of nitrogens with one attached hydrogen (secondary N) is 1. The molecule has 0 aliphatic carbocycles. The summed E-state index contributed by atoms with van der Waals surface area (Å²) in [6, 6.07) is 4.46. The predicted molar refractivity (Wildman–Crippen MR) is 54.3 cm³/mol. The van der Waals surface area contributed by atoms with Crippen LogP contribution in [-0.2, 0) is 15.8 Å². The van der Waals surface area contributed by atoms with Crippen LogP contribution < -0.4 is 10.4 Å². The highest BCUT2D eigenvalue weighted by molar-refractivity contribution is 5.93. The third-order valence-corrected chi connectivity index (χ3v) is 2.06. The van der Waals surface area contributed by atoms with E-state index < -0.39 is 42.1 Å². The summed E-state index contributed by atoms with van der Waals surface area (Å²) in [7, 11) is 0. The molecule has 1 aromatic rings. The zero-order chi connectivity index (χ0) is 13.8. The molecule has 1 aromatic carbocycles. The Morgan fingerprint density at radius 1 is 1.17 bits per heavy atom. The summed E-state index contributed by atoms with van der Waals surface area (Å²) in [6.07, 6.45) is -5.56. The first kappa shape index (κ1) is 14.0. The van der Waals surface area contributed by atoms with Crippen molar-refractivity contribution in [1.29, 1.82) is 0 Å². The second-order valence-electron chi connectivity index (χ2n) is 3.46. The lowest BCUT2D eigenvalue weighted by molar-refractivity contribution is -0.305. The smallest absolute Gasteiger partial charge is 0.418 e. The highest BCUT2D eigenvalue weighted by atomic mass is 19.4. The summed E-state index contributed by atoms with van der Waals surface area (Å²) >= 11 is 0. The Kier molecular flexibility index (Phi) is 4.30. The van der Waals surface area contributed by atoms with E-state index in [0.29, 0.717) is 0 Å². The van der Waals surface area contributed by atoms with E-state index in [1.165, 1.54) is 12.1 Å². The van der Waals surface area contributed by atoms with Crippen molar-refractivity contribution in [2.45, 2.75) is 19.0 Å². The molecule has 0 saturated carbocycles. The fraction of sp³-hybridized carbons (Fsp3) is 0.273. The maximum Gasteiger partial charge on any atom is 0.418 e. The van der Waals surface area contributed by atoms with Crippen molar-refractivity contribution in [3.05, 3.63) is 29.8 Å². The molecule has 0 spiro atoms. The third kappa shape index (κ3) is 4.08. The molecule has 4 nitrogen and oxygen atoms in total. The molecular weight excluding hydrogens is 251 g/mol. The molecule has 7 heteroatoms. The second kappa shape index (κ2) is 5.52. The van der Waals surface area contributed by atoms with E-state index in [1.54, 1.807) is 0 Å². The molecule has 0 atom stereocenters. The van der Waals surface area contributed by atoms with Gasteiger partial charge in [-0.25, -0.2) is 0 Å². The van der Waals surface area contributed by atoms with Crippen molar-refractivity contribution in [3.8, 4) is 0 Å². The van der Waals surface area contributed by atoms with Crippen LogP contribution in [-0.4, -0.2) is 11.9 Å². The number of anilines is 1. The number of carbonyl (C=O) groups excluding carboxylic acids is 2. The predicted octanol–water partition coefficient (Wildman–Crippen LogP) is 1.17. The Balaban J connectivity index is 2.79. The van der Waals surface area contributed by atoms with Gasteiger partial charge in [-0.3, -0.25) is 4.79 Å². The lowest BCUT2D eigenvalue weighted by Gasteiger charge is -2.13. The van der Waals surface area contributed by atoms with Crippen LogP contribution in [0, 0.1) is 0 Å². The van der Waals surface area contributed by atoms with Crippen LogP contribution >= 0.6 is 0 Å². The van der Waals surface area contributed by atoms with E-state index in [4.69, 9.17) is 0 Å². The van der Waals surface area contributed by atoms with Gasteiger partial charge in [-0.2, -0.15) is 13.2 Å². The third-order valence-electron chi connectivity index (χ3n) is 2.06. The first-order valence-electron chi connectivity index (χ1n) is 4.96. The summed E-state index contributed by atoms with van der Waals surface area (Å²) < 4.78 is 37.7. The standard InChI is InChI=1S/C11H10F3NO3/c12-11(13,14)7-3-1-2-4-8(7)15-9(16)5-6-10(17)18/h1-4H,5-6H2,(H,15,16)(H,17,18)/p-1. The monoisotopic (exact) mass is 260 g/mol. The SMILES string of the molecule is O=C([O-])CCC(=O)Nc1ccccc1C(F)(F)F. The lowest BCUT2D eigenvalue weighted by atomic mass is 10.1. The van der Waals surface area contributed by atoms with Crippen molar-refractivity contribution in [3.63, 3.8) is 0 Å². The maximum atomic E-state index is 12.6. The van der Waals surface area contributed by atoms with Crippen LogP contribution in [0.5, 0.6) is 0 Å². The maximum absolute atomic E-state index is 12.6. The fourth-order valence-corrected chi connectivity index (χ4v) is 1.27. The zero-order valence-corrected chi connectivity index (χ0v) is 9.08. The minimum Gasteiger partial charge on any atom is -0.550 e. The summed E-state index contributed by atoms with van der Waals surface area (Å²) in [4.78, 5) is 21.3. The molecule has 0 fully saturated rings. The second-order valence-corrected chi connectivity index (χ2v) is 3.46. The van der Waals surface area contributed by atoms with E-state index >= 15 is 0 Å². The molecule has 0 aliphatic heterocycles. The van der Waals surface area contributed by atoms with E-state index in [0.717, 1.165) is 12.1 Å². The molecule has 18 heavy (non-hydrogen) atoms. The van der Waals surface area contributed by atoms with Crippen molar-refractivity contribution in [2.24, 2.45) is 0 Å². The van der Waals surface area contributed by atoms with Gasteiger partial charge in [0.05, 0.1) is 11.3 Å². The molecule has 0 aliphatic rings. The highest BCUT2D eigenvalue weighted by Crippen LogP contribution is 2.34. The molecule has 0 saturated heterocycles. The number of rotatable bonds is 4. The molecule has 0 heterocycles. The van der Waals surface area contributed by atoms with Crippen molar-refractivity contribution in [1.82, 2.24) is 0 Å². The van der Waals surface area contributed by atoms with Gasteiger partial charge in [0.25, 0.3) is 0 Å². The number of hydrogen-bond acceptors (Lipinski definition) is 3. The molecule has 1 rings (SSSR count). The lowest BCUT2D eigenvalue weighted by Crippen LogP contribution is -2.24. The number of aliphatic carboxylic acids is 1. The Hall–Kier alpha value is -2.05. The number of carboxylic acid groups (broad SMARTS) is 1. The number of carbonyl (C=O) groups is 2. The average Bonchev–Trinajstić information content (AvgIpc) is 2.25. The van der Waals surface area contributed by atoms with Gasteiger partial charge in [0.2, 0.25) is 5.91 Å². The largest absolute Gasteiger partial charge is 0.550 e. The van der Waals surface area contributed by atoms with Gasteiger partial charge < -0.3 is 15.2 Å². The zero-order valence-electron chi connectivity index (χ0n) is 9.08. The van der Waals surface area contributed by atoms with E-state index in [2.05, 4.69) is 0 Å². The summed E-state index contributed by atoms with van der Waals surface area (Å²) in [5, 5.41) is 12.1. The minimum atomic E-state index is -4.59. The number of halogens is 3. The number of hydrogen-bond donors (Lipinski definition) is 1. The molecule has 0 radical (unpaired) electrons. The first-order valence-corrected chi connectivity index (χ1v) is 4.96. The summed E-state index contributed by atoms with van der Waals surface area (Å²) in [5.41, 5.74) is -1.37. The molecule has 0 unspecified atom stereocenters. The van der Waals surface area contributed by atoms with Crippen LogP contribution in [0.25, 0.3) is 0 Å². The first-order chi connectivity index (χ1) is 8.30. The van der Waals surface area contributed by atoms with Gasteiger partial charge in [-0.1, -0.05) is 12.1 Å². The minimum absolute atomic E-state index is 0.395. The Morgan fingerprint density at radius 3 is 2.33 bits per heavy atom. The highest BCUT2D eigenvalue weighted by Gasteiger charge is 2.33. The van der Waals surface area contributed by atoms with Crippen LogP contribution in [0.4, 0.5) is 18.9 Å². The quantitative estimate of drug-likeness (QED) is 0.883. The van der Waals surface area contributed by atoms with E-state index in [-0.39, 0.29) is 0 Å². The number of carboxylic acids is 1. The van der Waals surface area contributed by atoms with E-state index in [9.17, 15) is 27.9 Å². The Bertz CT molecular complexity index is 457. The molecule has 1 N–H and O–H groups in total. The van der Waals surface area contributed by atoms with Gasteiger partial charge in [-0.15, -0.1) is 0 Å².